The molecule has 10 nitrogen and oxygen atoms in total. The summed E-state index contributed by atoms with van der Waals surface area (Å²) in [7, 11) is 1.83. The monoisotopic (exact) mass is 509 g/mol. The van der Waals surface area contributed by atoms with E-state index in [0.717, 1.165) is 16.6 Å². The lowest BCUT2D eigenvalue weighted by atomic mass is 10.0. The van der Waals surface area contributed by atoms with Crippen LogP contribution in [0, 0.1) is 0 Å². The number of hydrogen-bond donors (Lipinski definition) is 2. The zero-order chi connectivity index (χ0) is 25.5. The highest BCUT2D eigenvalue weighted by Crippen LogP contribution is 2.35. The Bertz CT molecular complexity index is 1830. The van der Waals surface area contributed by atoms with Crippen LogP contribution in [0.3, 0.4) is 0 Å². The van der Waals surface area contributed by atoms with Crippen LogP contribution in [0.5, 0.6) is 0 Å². The predicted octanol–water partition coefficient (Wildman–Crippen LogP) is 4.55. The van der Waals surface area contributed by atoms with E-state index in [9.17, 15) is 4.79 Å². The average molecular weight is 510 g/mol. The molecule has 0 aliphatic heterocycles. The van der Waals surface area contributed by atoms with Gasteiger partial charge in [0.2, 0.25) is 0 Å². The number of aryl methyl sites for hydroxylation is 1. The predicted molar refractivity (Wildman–Crippen MR) is 142 cm³/mol. The van der Waals surface area contributed by atoms with E-state index >= 15 is 0 Å². The third kappa shape index (κ3) is 4.27. The van der Waals surface area contributed by atoms with Crippen molar-refractivity contribution in [3.8, 4) is 22.6 Å². The summed E-state index contributed by atoms with van der Waals surface area (Å²) in [6.07, 6.45) is 8.44. The molecule has 1 atom stereocenters. The van der Waals surface area contributed by atoms with E-state index in [-0.39, 0.29) is 11.6 Å². The molecule has 0 aliphatic rings. The highest BCUT2D eigenvalue weighted by molar-refractivity contribution is 6.35. The Labute approximate surface area is 215 Å². The van der Waals surface area contributed by atoms with Crippen LogP contribution in [0.1, 0.15) is 18.7 Å². The maximum atomic E-state index is 12.6. The summed E-state index contributed by atoms with van der Waals surface area (Å²) in [4.78, 5) is 38.1. The summed E-state index contributed by atoms with van der Waals surface area (Å²) >= 11 is 6.62. The molecule has 0 aliphatic carbocycles. The second-order valence-corrected chi connectivity index (χ2v) is 8.98. The smallest absolute Gasteiger partial charge is 0.251 e. The van der Waals surface area contributed by atoms with E-state index in [1.54, 1.807) is 29.5 Å². The summed E-state index contributed by atoms with van der Waals surface area (Å²) in [6.45, 7) is 1.93. The first kappa shape index (κ1) is 22.7. The molecule has 5 aromatic heterocycles. The molecule has 0 amide bonds. The molecule has 0 saturated heterocycles. The van der Waals surface area contributed by atoms with E-state index in [0.29, 0.717) is 44.5 Å². The maximum absolute atomic E-state index is 12.6. The van der Waals surface area contributed by atoms with Gasteiger partial charge in [-0.05, 0) is 31.2 Å². The van der Waals surface area contributed by atoms with Crippen LogP contribution in [0.25, 0.3) is 44.7 Å². The van der Waals surface area contributed by atoms with Gasteiger partial charge in [-0.3, -0.25) is 24.4 Å². The van der Waals surface area contributed by atoms with Crippen LogP contribution >= 0.6 is 11.6 Å². The van der Waals surface area contributed by atoms with Crippen molar-refractivity contribution in [2.24, 2.45) is 7.05 Å². The van der Waals surface area contributed by atoms with Crippen molar-refractivity contribution in [2.75, 3.05) is 5.32 Å². The minimum absolute atomic E-state index is 0.236. The molecule has 0 radical (unpaired) electrons. The second kappa shape index (κ2) is 9.07. The van der Waals surface area contributed by atoms with Crippen molar-refractivity contribution < 1.29 is 0 Å². The van der Waals surface area contributed by atoms with Crippen molar-refractivity contribution in [1.82, 2.24) is 39.7 Å². The first-order valence-electron chi connectivity index (χ1n) is 11.5. The van der Waals surface area contributed by atoms with E-state index in [4.69, 9.17) is 21.6 Å². The largest absolute Gasteiger partial charge is 0.375 e. The van der Waals surface area contributed by atoms with Gasteiger partial charge in [-0.15, -0.1) is 0 Å². The number of benzene rings is 1. The molecule has 37 heavy (non-hydrogen) atoms. The molecule has 2 N–H and O–H groups in total. The standard InChI is InChI=1S/C26H20ClN9O/c1-14(20-13-28-7-8-29-20)31-19-12-21(37)32-26-25(19)33-23(24(34-26)18-5-9-36(2)35-18)16-10-15-4-3-6-30-22(15)17(27)11-16/h3-14H,1-2H3,(H2,31,32,34,37). The van der Waals surface area contributed by atoms with Gasteiger partial charge in [0.25, 0.3) is 5.56 Å². The number of fused-ring (bicyclic) bond motifs is 2. The number of anilines is 1. The van der Waals surface area contributed by atoms with Gasteiger partial charge >= 0.3 is 0 Å². The molecule has 0 saturated carbocycles. The van der Waals surface area contributed by atoms with Gasteiger partial charge in [0, 0.05) is 48.9 Å². The zero-order valence-electron chi connectivity index (χ0n) is 19.8. The van der Waals surface area contributed by atoms with Crippen LogP contribution in [0.4, 0.5) is 5.69 Å². The van der Waals surface area contributed by atoms with E-state index < -0.39 is 0 Å². The number of aromatic amines is 1. The Hall–Kier alpha value is -4.70. The number of aromatic nitrogens is 8. The lowest BCUT2D eigenvalue weighted by molar-refractivity contribution is 0.770. The van der Waals surface area contributed by atoms with E-state index in [1.807, 2.05) is 50.5 Å². The normalized spacial score (nSPS) is 12.2. The molecule has 1 aromatic carbocycles. The fourth-order valence-electron chi connectivity index (χ4n) is 4.22. The lowest BCUT2D eigenvalue weighted by Crippen LogP contribution is -2.14. The number of rotatable bonds is 5. The van der Waals surface area contributed by atoms with Gasteiger partial charge in [0.05, 0.1) is 39.9 Å². The van der Waals surface area contributed by atoms with Crippen molar-refractivity contribution in [2.45, 2.75) is 13.0 Å². The molecule has 0 fully saturated rings. The van der Waals surface area contributed by atoms with Crippen molar-refractivity contribution in [3.63, 3.8) is 0 Å². The van der Waals surface area contributed by atoms with Crippen molar-refractivity contribution in [1.29, 1.82) is 0 Å². The summed E-state index contributed by atoms with van der Waals surface area (Å²) in [5.74, 6) is 0. The summed E-state index contributed by atoms with van der Waals surface area (Å²) in [5.41, 5.74) is 4.91. The second-order valence-electron chi connectivity index (χ2n) is 8.57. The van der Waals surface area contributed by atoms with E-state index in [2.05, 4.69) is 30.4 Å². The number of H-pyrrole nitrogens is 1. The summed E-state index contributed by atoms with van der Waals surface area (Å²) < 4.78 is 1.69. The van der Waals surface area contributed by atoms with Crippen LogP contribution in [-0.2, 0) is 7.05 Å². The molecular weight excluding hydrogens is 490 g/mol. The van der Waals surface area contributed by atoms with Gasteiger partial charge in [-0.25, -0.2) is 9.97 Å². The Kier molecular flexibility index (Phi) is 5.57. The SMILES string of the molecule is CC(Nc1cc(=O)[nH]c2nc(-c3ccn(C)n3)c(-c3cc(Cl)c4ncccc4c3)nc12)c1cnccn1. The highest BCUT2D eigenvalue weighted by atomic mass is 35.5. The highest BCUT2D eigenvalue weighted by Gasteiger charge is 2.20. The first-order valence-corrected chi connectivity index (χ1v) is 11.9. The molecule has 11 heteroatoms. The number of hydrogen-bond acceptors (Lipinski definition) is 8. The van der Waals surface area contributed by atoms with Crippen LogP contribution in [0.15, 0.2) is 72.2 Å². The summed E-state index contributed by atoms with van der Waals surface area (Å²) in [5, 5.41) is 9.25. The molecule has 1 unspecified atom stereocenters. The van der Waals surface area contributed by atoms with Crippen LogP contribution in [-0.4, -0.2) is 39.7 Å². The number of nitrogens with zero attached hydrogens (tertiary/aromatic N) is 7. The average Bonchev–Trinajstić information content (AvgIpc) is 3.34. The van der Waals surface area contributed by atoms with E-state index in [1.165, 1.54) is 6.07 Å². The molecule has 6 aromatic rings. The quantitative estimate of drug-likeness (QED) is 0.346. The Morgan fingerprint density at radius 3 is 2.70 bits per heavy atom. The van der Waals surface area contributed by atoms with Gasteiger partial charge in [0.15, 0.2) is 5.65 Å². The topological polar surface area (TPSA) is 127 Å². The Morgan fingerprint density at radius 1 is 1.03 bits per heavy atom. The van der Waals surface area contributed by atoms with Crippen molar-refractivity contribution in [3.05, 3.63) is 88.5 Å². The third-order valence-electron chi connectivity index (χ3n) is 5.95. The maximum Gasteiger partial charge on any atom is 0.251 e. The minimum Gasteiger partial charge on any atom is -0.375 e. The molecule has 6 rings (SSSR count). The van der Waals surface area contributed by atoms with Gasteiger partial charge in [-0.1, -0.05) is 17.7 Å². The number of pyridine rings is 2. The fraction of sp³-hybridized carbons (Fsp3) is 0.115. The van der Waals surface area contributed by atoms with Gasteiger partial charge in [0.1, 0.15) is 16.9 Å². The number of halogens is 1. The fourth-order valence-corrected chi connectivity index (χ4v) is 4.50. The summed E-state index contributed by atoms with van der Waals surface area (Å²) in [6, 6.07) is 10.7. The third-order valence-corrected chi connectivity index (χ3v) is 6.24. The number of nitrogens with one attached hydrogen (secondary N) is 2. The first-order chi connectivity index (χ1) is 18.0. The molecule has 5 heterocycles. The Balaban J connectivity index is 1.59. The lowest BCUT2D eigenvalue weighted by Gasteiger charge is -2.16. The molecular formula is C26H20ClN9O. The van der Waals surface area contributed by atoms with Crippen LogP contribution < -0.4 is 10.9 Å². The molecule has 0 spiro atoms. The zero-order valence-corrected chi connectivity index (χ0v) is 20.6. The van der Waals surface area contributed by atoms with Crippen molar-refractivity contribution >= 4 is 39.4 Å². The molecule has 0 bridgehead atoms. The Morgan fingerprint density at radius 2 is 1.92 bits per heavy atom. The molecule has 182 valence electrons. The minimum atomic E-state index is -0.310. The van der Waals surface area contributed by atoms with Gasteiger partial charge < -0.3 is 10.3 Å². The van der Waals surface area contributed by atoms with Gasteiger partial charge in [-0.2, -0.15) is 5.10 Å². The van der Waals surface area contributed by atoms with Crippen LogP contribution in [0.2, 0.25) is 5.02 Å².